The predicted octanol–water partition coefficient (Wildman–Crippen LogP) is 3.05. The van der Waals surface area contributed by atoms with Crippen LogP contribution in [0, 0.1) is 12.8 Å². The minimum Gasteiger partial charge on any atom is -0.385 e. The molecule has 0 saturated carbocycles. The van der Waals surface area contributed by atoms with Crippen LogP contribution in [0.15, 0.2) is 29.3 Å². The first-order valence-corrected chi connectivity index (χ1v) is 9.44. The first-order chi connectivity index (χ1) is 12.2. The maximum Gasteiger partial charge on any atom is 0.191 e. The van der Waals surface area contributed by atoms with E-state index >= 15 is 0 Å². The molecule has 1 aliphatic heterocycles. The number of guanidine groups is 1. The smallest absolute Gasteiger partial charge is 0.191 e. The minimum atomic E-state index is 0.148. The van der Waals surface area contributed by atoms with Crippen molar-refractivity contribution >= 4 is 5.96 Å². The van der Waals surface area contributed by atoms with Crippen LogP contribution in [0.5, 0.6) is 0 Å². The van der Waals surface area contributed by atoms with Gasteiger partial charge in [-0.1, -0.05) is 29.8 Å². The molecule has 0 aliphatic carbocycles. The highest BCUT2D eigenvalue weighted by Gasteiger charge is 2.27. The van der Waals surface area contributed by atoms with Crippen molar-refractivity contribution in [2.75, 3.05) is 40.0 Å². The average molecular weight is 348 g/mol. The van der Waals surface area contributed by atoms with Crippen molar-refractivity contribution in [3.63, 3.8) is 0 Å². The Morgan fingerprint density at radius 3 is 2.80 bits per heavy atom. The zero-order chi connectivity index (χ0) is 17.9. The molecule has 1 aliphatic rings. The Kier molecular flexibility index (Phi) is 8.77. The number of nitrogens with zero attached hydrogens (tertiary/aromatic N) is 1. The number of hydrogen-bond acceptors (Lipinski definition) is 3. The molecule has 0 bridgehead atoms. The van der Waals surface area contributed by atoms with Crippen LogP contribution in [0.1, 0.15) is 43.4 Å². The maximum atomic E-state index is 6.10. The van der Waals surface area contributed by atoms with Crippen molar-refractivity contribution in [3.05, 3.63) is 35.4 Å². The molecule has 0 radical (unpaired) electrons. The van der Waals surface area contributed by atoms with Crippen LogP contribution < -0.4 is 10.6 Å². The Morgan fingerprint density at radius 2 is 2.08 bits per heavy atom. The zero-order valence-electron chi connectivity index (χ0n) is 15.9. The first-order valence-electron chi connectivity index (χ1n) is 9.44. The van der Waals surface area contributed by atoms with Gasteiger partial charge in [0.15, 0.2) is 5.96 Å². The normalized spacial score (nSPS) is 21.2. The number of hydrogen-bond donors (Lipinski definition) is 2. The van der Waals surface area contributed by atoms with E-state index in [4.69, 9.17) is 14.5 Å². The summed E-state index contributed by atoms with van der Waals surface area (Å²) in [6, 6.07) is 8.70. The zero-order valence-corrected chi connectivity index (χ0v) is 15.9. The predicted molar refractivity (Wildman–Crippen MR) is 103 cm³/mol. The summed E-state index contributed by atoms with van der Waals surface area (Å²) in [6.07, 6.45) is 3.39. The van der Waals surface area contributed by atoms with Crippen LogP contribution in [-0.4, -0.2) is 45.9 Å². The summed E-state index contributed by atoms with van der Waals surface area (Å²) < 4.78 is 11.2. The number of aliphatic imine (C=N–C) groups is 1. The van der Waals surface area contributed by atoms with Crippen molar-refractivity contribution < 1.29 is 9.47 Å². The Bertz CT molecular complexity index is 516. The van der Waals surface area contributed by atoms with Gasteiger partial charge in [-0.05, 0) is 38.7 Å². The van der Waals surface area contributed by atoms with Crippen LogP contribution in [0.25, 0.3) is 0 Å². The average Bonchev–Trinajstić information content (AvgIpc) is 2.64. The van der Waals surface area contributed by atoms with Gasteiger partial charge in [-0.2, -0.15) is 0 Å². The molecule has 1 saturated heterocycles. The molecule has 1 heterocycles. The molecular formula is C20H33N3O2. The van der Waals surface area contributed by atoms with Gasteiger partial charge in [0.2, 0.25) is 0 Å². The van der Waals surface area contributed by atoms with Gasteiger partial charge in [0.05, 0.1) is 6.10 Å². The third-order valence-electron chi connectivity index (χ3n) is 4.50. The fourth-order valence-electron chi connectivity index (χ4n) is 3.13. The quantitative estimate of drug-likeness (QED) is 0.431. The lowest BCUT2D eigenvalue weighted by Crippen LogP contribution is -2.38. The molecule has 1 aromatic rings. The molecule has 0 spiro atoms. The van der Waals surface area contributed by atoms with Gasteiger partial charge in [-0.15, -0.1) is 0 Å². The molecule has 2 rings (SSSR count). The monoisotopic (exact) mass is 347 g/mol. The largest absolute Gasteiger partial charge is 0.385 e. The van der Waals surface area contributed by atoms with Crippen LogP contribution in [0.4, 0.5) is 0 Å². The highest BCUT2D eigenvalue weighted by Crippen LogP contribution is 2.33. The topological polar surface area (TPSA) is 54.9 Å². The minimum absolute atomic E-state index is 0.148. The molecule has 2 N–H and O–H groups in total. The van der Waals surface area contributed by atoms with E-state index in [1.54, 1.807) is 7.11 Å². The molecule has 140 valence electrons. The van der Waals surface area contributed by atoms with Crippen molar-refractivity contribution in [2.24, 2.45) is 10.9 Å². The summed E-state index contributed by atoms with van der Waals surface area (Å²) >= 11 is 0. The SMILES string of the molecule is CCNC(=NCC1CCCOC1c1ccc(C)cc1)NCCCOC. The Morgan fingerprint density at radius 1 is 1.28 bits per heavy atom. The highest BCUT2D eigenvalue weighted by atomic mass is 16.5. The molecule has 5 heteroatoms. The number of aryl methyl sites for hydroxylation is 1. The van der Waals surface area contributed by atoms with Crippen LogP contribution >= 0.6 is 0 Å². The lowest BCUT2D eigenvalue weighted by atomic mass is 9.89. The Balaban J connectivity index is 1.96. The lowest BCUT2D eigenvalue weighted by Gasteiger charge is -2.31. The summed E-state index contributed by atoms with van der Waals surface area (Å²) in [5.41, 5.74) is 2.55. The summed E-state index contributed by atoms with van der Waals surface area (Å²) in [5.74, 6) is 1.30. The molecule has 1 aromatic carbocycles. The Labute approximate surface area is 152 Å². The van der Waals surface area contributed by atoms with Crippen molar-refractivity contribution in [3.8, 4) is 0 Å². The Hall–Kier alpha value is -1.59. The summed E-state index contributed by atoms with van der Waals surface area (Å²) in [7, 11) is 1.73. The van der Waals surface area contributed by atoms with E-state index in [2.05, 4.69) is 48.7 Å². The second kappa shape index (κ2) is 11.1. The second-order valence-electron chi connectivity index (χ2n) is 6.60. The highest BCUT2D eigenvalue weighted by molar-refractivity contribution is 5.79. The van der Waals surface area contributed by atoms with E-state index in [-0.39, 0.29) is 6.10 Å². The number of rotatable bonds is 8. The third kappa shape index (κ3) is 6.67. The van der Waals surface area contributed by atoms with Crippen molar-refractivity contribution in [1.82, 2.24) is 10.6 Å². The lowest BCUT2D eigenvalue weighted by molar-refractivity contribution is -0.0250. The van der Waals surface area contributed by atoms with Gasteiger partial charge in [-0.3, -0.25) is 4.99 Å². The van der Waals surface area contributed by atoms with E-state index in [1.807, 2.05) is 0 Å². The van der Waals surface area contributed by atoms with Gasteiger partial charge in [0.25, 0.3) is 0 Å². The summed E-state index contributed by atoms with van der Waals surface area (Å²) in [6.45, 7) is 8.31. The van der Waals surface area contributed by atoms with Gasteiger partial charge in [-0.25, -0.2) is 0 Å². The number of nitrogens with one attached hydrogen (secondary N) is 2. The van der Waals surface area contributed by atoms with Crippen molar-refractivity contribution in [2.45, 2.75) is 39.2 Å². The summed E-state index contributed by atoms with van der Waals surface area (Å²) in [4.78, 5) is 4.80. The van der Waals surface area contributed by atoms with Crippen LogP contribution in [0.3, 0.4) is 0 Å². The number of ether oxygens (including phenoxy) is 2. The number of benzene rings is 1. The van der Waals surface area contributed by atoms with E-state index < -0.39 is 0 Å². The second-order valence-corrected chi connectivity index (χ2v) is 6.60. The molecule has 5 nitrogen and oxygen atoms in total. The maximum absolute atomic E-state index is 6.10. The third-order valence-corrected chi connectivity index (χ3v) is 4.50. The van der Waals surface area contributed by atoms with Gasteiger partial charge in [0.1, 0.15) is 0 Å². The van der Waals surface area contributed by atoms with Gasteiger partial charge in [0, 0.05) is 45.9 Å². The van der Waals surface area contributed by atoms with Crippen LogP contribution in [0.2, 0.25) is 0 Å². The van der Waals surface area contributed by atoms with Gasteiger partial charge >= 0.3 is 0 Å². The molecule has 0 amide bonds. The molecular weight excluding hydrogens is 314 g/mol. The van der Waals surface area contributed by atoms with E-state index in [9.17, 15) is 0 Å². The van der Waals surface area contributed by atoms with Crippen molar-refractivity contribution in [1.29, 1.82) is 0 Å². The standard InChI is InChI=1S/C20H33N3O2/c1-4-21-20(22-12-6-13-24-3)23-15-18-7-5-14-25-19(18)17-10-8-16(2)9-11-17/h8-11,18-19H,4-7,12-15H2,1-3H3,(H2,21,22,23). The van der Waals surface area contributed by atoms with E-state index in [1.165, 1.54) is 11.1 Å². The van der Waals surface area contributed by atoms with E-state index in [0.717, 1.165) is 58.1 Å². The van der Waals surface area contributed by atoms with Gasteiger partial charge < -0.3 is 20.1 Å². The molecule has 2 atom stereocenters. The molecule has 2 unspecified atom stereocenters. The molecule has 1 fully saturated rings. The molecule has 25 heavy (non-hydrogen) atoms. The summed E-state index contributed by atoms with van der Waals surface area (Å²) in [5, 5.41) is 6.69. The van der Waals surface area contributed by atoms with Crippen LogP contribution in [-0.2, 0) is 9.47 Å². The number of methoxy groups -OCH3 is 1. The molecule has 0 aromatic heterocycles. The fraction of sp³-hybridized carbons (Fsp3) is 0.650. The first kappa shape index (κ1) is 19.7. The fourth-order valence-corrected chi connectivity index (χ4v) is 3.13. The van der Waals surface area contributed by atoms with E-state index in [0.29, 0.717) is 5.92 Å².